The molecule has 0 radical (unpaired) electrons. The number of hydrogen-bond donors (Lipinski definition) is 2. The normalized spacial score (nSPS) is 19.6. The monoisotopic (exact) mass is 299 g/mol. The summed E-state index contributed by atoms with van der Waals surface area (Å²) in [5.41, 5.74) is 4.96. The van der Waals surface area contributed by atoms with Gasteiger partial charge in [0.1, 0.15) is 5.84 Å². The second kappa shape index (κ2) is 5.95. The van der Waals surface area contributed by atoms with Crippen molar-refractivity contribution in [1.82, 2.24) is 0 Å². The number of nitrogens with zero attached hydrogens (tertiary/aromatic N) is 1. The molecule has 1 aliphatic rings. The molecule has 21 heavy (non-hydrogen) atoms. The van der Waals surface area contributed by atoms with Crippen molar-refractivity contribution in [2.24, 2.45) is 11.7 Å². The van der Waals surface area contributed by atoms with Crippen LogP contribution in [-0.4, -0.2) is 18.9 Å². The highest BCUT2D eigenvalue weighted by Crippen LogP contribution is 2.34. The molecule has 1 saturated heterocycles. The summed E-state index contributed by atoms with van der Waals surface area (Å²) in [5, 5.41) is 7.40. The van der Waals surface area contributed by atoms with E-state index in [1.165, 1.54) is 12.1 Å². The lowest BCUT2D eigenvalue weighted by atomic mass is 9.94. The van der Waals surface area contributed by atoms with Gasteiger partial charge in [0.15, 0.2) is 0 Å². The van der Waals surface area contributed by atoms with Crippen molar-refractivity contribution in [2.75, 3.05) is 18.0 Å². The van der Waals surface area contributed by atoms with Crippen molar-refractivity contribution < 1.29 is 13.2 Å². The summed E-state index contributed by atoms with van der Waals surface area (Å²) in [5.74, 6) is 0.0232. The van der Waals surface area contributed by atoms with Gasteiger partial charge in [0.05, 0.1) is 5.56 Å². The fourth-order valence-electron chi connectivity index (χ4n) is 2.83. The van der Waals surface area contributed by atoms with Crippen molar-refractivity contribution in [3.8, 4) is 0 Å². The summed E-state index contributed by atoms with van der Waals surface area (Å²) < 4.78 is 38.8. The number of piperidine rings is 1. The molecule has 1 aromatic rings. The standard InChI is InChI=1S/C15H20F3N3/c1-2-10-4-3-7-21(9-10)11-5-6-13(15(16,17)18)12(8-11)14(19)20/h5-6,8,10H,2-4,7,9H2,1H3,(H3,19,20). The second-order valence-corrected chi connectivity index (χ2v) is 5.50. The molecule has 1 unspecified atom stereocenters. The Morgan fingerprint density at radius 3 is 2.71 bits per heavy atom. The predicted octanol–water partition coefficient (Wildman–Crippen LogP) is 3.62. The van der Waals surface area contributed by atoms with Crippen molar-refractivity contribution in [2.45, 2.75) is 32.4 Å². The molecular weight excluding hydrogens is 279 g/mol. The predicted molar refractivity (Wildman–Crippen MR) is 77.7 cm³/mol. The van der Waals surface area contributed by atoms with Crippen LogP contribution >= 0.6 is 0 Å². The molecule has 1 atom stereocenters. The van der Waals surface area contributed by atoms with Crippen LogP contribution in [0.1, 0.15) is 37.3 Å². The number of hydrogen-bond acceptors (Lipinski definition) is 2. The molecule has 0 saturated carbocycles. The Balaban J connectivity index is 2.34. The van der Waals surface area contributed by atoms with E-state index in [-0.39, 0.29) is 5.56 Å². The van der Waals surface area contributed by atoms with Gasteiger partial charge in [-0.25, -0.2) is 0 Å². The summed E-state index contributed by atoms with van der Waals surface area (Å²) in [4.78, 5) is 2.09. The maximum atomic E-state index is 12.9. The van der Waals surface area contributed by atoms with Gasteiger partial charge in [0.2, 0.25) is 0 Å². The van der Waals surface area contributed by atoms with Crippen molar-refractivity contribution in [3.63, 3.8) is 0 Å². The molecule has 0 bridgehead atoms. The topological polar surface area (TPSA) is 53.1 Å². The van der Waals surface area contributed by atoms with Crippen LogP contribution in [0.2, 0.25) is 0 Å². The Bertz CT molecular complexity index is 525. The molecule has 1 heterocycles. The summed E-state index contributed by atoms with van der Waals surface area (Å²) >= 11 is 0. The van der Waals surface area contributed by atoms with Crippen molar-refractivity contribution in [3.05, 3.63) is 29.3 Å². The van der Waals surface area contributed by atoms with Crippen LogP contribution in [0.15, 0.2) is 18.2 Å². The largest absolute Gasteiger partial charge is 0.417 e. The Kier molecular flexibility index (Phi) is 4.44. The number of nitrogens with one attached hydrogen (secondary N) is 1. The van der Waals surface area contributed by atoms with Gasteiger partial charge in [0.25, 0.3) is 0 Å². The SMILES string of the molecule is CCC1CCCN(c2ccc(C(F)(F)F)c(C(=N)N)c2)C1. The van der Waals surface area contributed by atoms with Gasteiger partial charge in [-0.05, 0) is 37.0 Å². The quantitative estimate of drug-likeness (QED) is 0.661. The van der Waals surface area contributed by atoms with E-state index in [0.29, 0.717) is 11.6 Å². The number of amidine groups is 1. The van der Waals surface area contributed by atoms with E-state index in [2.05, 4.69) is 11.8 Å². The summed E-state index contributed by atoms with van der Waals surface area (Å²) in [6, 6.07) is 3.90. The van der Waals surface area contributed by atoms with Crippen LogP contribution in [-0.2, 0) is 6.18 Å². The zero-order valence-electron chi connectivity index (χ0n) is 12.0. The zero-order chi connectivity index (χ0) is 15.6. The molecule has 0 spiro atoms. The molecule has 3 nitrogen and oxygen atoms in total. The summed E-state index contributed by atoms with van der Waals surface area (Å²) in [7, 11) is 0. The number of rotatable bonds is 3. The molecule has 3 N–H and O–H groups in total. The van der Waals surface area contributed by atoms with Crippen LogP contribution in [0.3, 0.4) is 0 Å². The van der Waals surface area contributed by atoms with Crippen LogP contribution in [0.25, 0.3) is 0 Å². The van der Waals surface area contributed by atoms with Gasteiger partial charge in [-0.3, -0.25) is 5.41 Å². The first-order chi connectivity index (χ1) is 9.82. The van der Waals surface area contributed by atoms with E-state index in [4.69, 9.17) is 11.1 Å². The number of halogens is 3. The highest BCUT2D eigenvalue weighted by Gasteiger charge is 2.34. The molecular formula is C15H20F3N3. The molecule has 2 rings (SSSR count). The van der Waals surface area contributed by atoms with Crippen molar-refractivity contribution >= 4 is 11.5 Å². The van der Waals surface area contributed by atoms with Crippen LogP contribution < -0.4 is 10.6 Å². The smallest absolute Gasteiger partial charge is 0.384 e. The third kappa shape index (κ3) is 3.49. The minimum atomic E-state index is -4.49. The molecule has 1 aromatic carbocycles. The Labute approximate surface area is 122 Å². The van der Waals surface area contributed by atoms with Crippen LogP contribution in [0, 0.1) is 11.3 Å². The third-order valence-corrected chi connectivity index (χ3v) is 4.06. The van der Waals surface area contributed by atoms with Gasteiger partial charge in [0, 0.05) is 24.3 Å². The molecule has 0 aromatic heterocycles. The fraction of sp³-hybridized carbons (Fsp3) is 0.533. The number of benzene rings is 1. The second-order valence-electron chi connectivity index (χ2n) is 5.50. The Morgan fingerprint density at radius 1 is 1.43 bits per heavy atom. The Hall–Kier alpha value is -1.72. The molecule has 116 valence electrons. The van der Waals surface area contributed by atoms with Crippen molar-refractivity contribution in [1.29, 1.82) is 5.41 Å². The lowest BCUT2D eigenvalue weighted by Gasteiger charge is -2.34. The molecule has 1 fully saturated rings. The van der Waals surface area contributed by atoms with Crippen LogP contribution in [0.4, 0.5) is 18.9 Å². The third-order valence-electron chi connectivity index (χ3n) is 4.06. The van der Waals surface area contributed by atoms with E-state index in [0.717, 1.165) is 38.4 Å². The highest BCUT2D eigenvalue weighted by molar-refractivity contribution is 5.97. The number of nitrogens with two attached hydrogens (primary N) is 1. The zero-order valence-corrected chi connectivity index (χ0v) is 12.0. The lowest BCUT2D eigenvalue weighted by Crippen LogP contribution is -2.35. The van der Waals surface area contributed by atoms with E-state index < -0.39 is 17.6 Å². The first-order valence-electron chi connectivity index (χ1n) is 7.13. The van der Waals surface area contributed by atoms with E-state index in [9.17, 15) is 13.2 Å². The van der Waals surface area contributed by atoms with E-state index in [1.54, 1.807) is 0 Å². The number of alkyl halides is 3. The highest BCUT2D eigenvalue weighted by atomic mass is 19.4. The van der Waals surface area contributed by atoms with E-state index >= 15 is 0 Å². The van der Waals surface area contributed by atoms with Gasteiger partial charge < -0.3 is 10.6 Å². The number of anilines is 1. The van der Waals surface area contributed by atoms with Gasteiger partial charge in [-0.1, -0.05) is 13.3 Å². The summed E-state index contributed by atoms with van der Waals surface area (Å²) in [6.07, 6.45) is -1.23. The maximum Gasteiger partial charge on any atom is 0.417 e. The lowest BCUT2D eigenvalue weighted by molar-refractivity contribution is -0.137. The average molecular weight is 299 g/mol. The van der Waals surface area contributed by atoms with Crippen LogP contribution in [0.5, 0.6) is 0 Å². The minimum Gasteiger partial charge on any atom is -0.384 e. The van der Waals surface area contributed by atoms with E-state index in [1.807, 2.05) is 0 Å². The summed E-state index contributed by atoms with van der Waals surface area (Å²) in [6.45, 7) is 3.81. The van der Waals surface area contributed by atoms with Gasteiger partial charge >= 0.3 is 6.18 Å². The average Bonchev–Trinajstić information content (AvgIpc) is 2.45. The number of nitrogen functional groups attached to an aromatic ring is 1. The molecule has 1 aliphatic heterocycles. The minimum absolute atomic E-state index is 0.237. The van der Waals surface area contributed by atoms with Gasteiger partial charge in [-0.15, -0.1) is 0 Å². The molecule has 6 heteroatoms. The maximum absolute atomic E-state index is 12.9. The first kappa shape index (κ1) is 15.7. The molecule has 0 aliphatic carbocycles. The molecule has 0 amide bonds. The van der Waals surface area contributed by atoms with Gasteiger partial charge in [-0.2, -0.15) is 13.2 Å². The fourth-order valence-corrected chi connectivity index (χ4v) is 2.83. The first-order valence-corrected chi connectivity index (χ1v) is 7.13. The Morgan fingerprint density at radius 2 is 2.14 bits per heavy atom.